The first-order valence-electron chi connectivity index (χ1n) is 6.08. The molecule has 1 unspecified atom stereocenters. The van der Waals surface area contributed by atoms with E-state index < -0.39 is 5.79 Å². The fraction of sp³-hybridized carbons (Fsp3) is 0.133. The van der Waals surface area contributed by atoms with E-state index in [1.807, 2.05) is 24.3 Å². The van der Waals surface area contributed by atoms with Crippen molar-refractivity contribution in [2.45, 2.75) is 12.2 Å². The molecule has 2 aromatic rings. The molecule has 0 aromatic heterocycles. The van der Waals surface area contributed by atoms with Crippen molar-refractivity contribution in [3.63, 3.8) is 0 Å². The van der Waals surface area contributed by atoms with E-state index >= 15 is 0 Å². The molecule has 3 nitrogen and oxygen atoms in total. The number of ketones is 1. The number of halogens is 2. The summed E-state index contributed by atoms with van der Waals surface area (Å²) in [5, 5.41) is 0. The average molecular weight is 396 g/mol. The number of rotatable bonds is 0. The van der Waals surface area contributed by atoms with Gasteiger partial charge in [0.1, 0.15) is 11.5 Å². The Morgan fingerprint density at radius 1 is 0.950 bits per heavy atom. The van der Waals surface area contributed by atoms with Gasteiger partial charge in [-0.05, 0) is 36.4 Å². The van der Waals surface area contributed by atoms with Crippen LogP contribution in [0.3, 0.4) is 0 Å². The van der Waals surface area contributed by atoms with Crippen LogP contribution in [0.4, 0.5) is 0 Å². The second-order valence-corrected chi connectivity index (χ2v) is 6.69. The van der Waals surface area contributed by atoms with Crippen LogP contribution in [0.15, 0.2) is 45.3 Å². The lowest BCUT2D eigenvalue weighted by Crippen LogP contribution is -2.44. The first kappa shape index (κ1) is 12.4. The van der Waals surface area contributed by atoms with Crippen molar-refractivity contribution in [3.8, 4) is 11.5 Å². The molecule has 0 saturated heterocycles. The summed E-state index contributed by atoms with van der Waals surface area (Å²) in [6, 6.07) is 11.1. The lowest BCUT2D eigenvalue weighted by atomic mass is 10.0. The maximum atomic E-state index is 12.6. The molecule has 1 spiro atoms. The van der Waals surface area contributed by atoms with Gasteiger partial charge < -0.3 is 9.47 Å². The summed E-state index contributed by atoms with van der Waals surface area (Å²) in [6.45, 7) is 0. The molecule has 2 aliphatic rings. The van der Waals surface area contributed by atoms with Gasteiger partial charge in [0, 0.05) is 14.5 Å². The molecular formula is C15H8Br2O3. The van der Waals surface area contributed by atoms with Gasteiger partial charge in [0.05, 0.1) is 12.0 Å². The van der Waals surface area contributed by atoms with E-state index in [0.717, 1.165) is 14.5 Å². The van der Waals surface area contributed by atoms with Crippen LogP contribution in [0.1, 0.15) is 15.9 Å². The van der Waals surface area contributed by atoms with E-state index in [9.17, 15) is 4.79 Å². The van der Waals surface area contributed by atoms with E-state index in [-0.39, 0.29) is 5.78 Å². The van der Waals surface area contributed by atoms with E-state index in [0.29, 0.717) is 23.5 Å². The summed E-state index contributed by atoms with van der Waals surface area (Å²) in [5.41, 5.74) is 1.53. The Morgan fingerprint density at radius 2 is 1.60 bits per heavy atom. The van der Waals surface area contributed by atoms with Crippen LogP contribution in [-0.2, 0) is 6.42 Å². The maximum absolute atomic E-state index is 12.6. The first-order chi connectivity index (χ1) is 9.57. The Morgan fingerprint density at radius 3 is 2.40 bits per heavy atom. The summed E-state index contributed by atoms with van der Waals surface area (Å²) in [6.07, 6.45) is 0.424. The molecule has 2 aromatic carbocycles. The highest BCUT2D eigenvalue weighted by molar-refractivity contribution is 9.10. The quantitative estimate of drug-likeness (QED) is 0.673. The van der Waals surface area contributed by atoms with E-state index in [4.69, 9.17) is 9.47 Å². The average Bonchev–Trinajstić information content (AvgIpc) is 2.89. The molecule has 2 heterocycles. The zero-order valence-corrected chi connectivity index (χ0v) is 13.3. The van der Waals surface area contributed by atoms with Gasteiger partial charge in [-0.1, -0.05) is 31.9 Å². The number of hydrogen-bond donors (Lipinski definition) is 0. The van der Waals surface area contributed by atoms with Crippen molar-refractivity contribution in [2.24, 2.45) is 0 Å². The highest BCUT2D eigenvalue weighted by Gasteiger charge is 2.54. The van der Waals surface area contributed by atoms with Gasteiger partial charge in [-0.25, -0.2) is 0 Å². The molecule has 20 heavy (non-hydrogen) atoms. The van der Waals surface area contributed by atoms with Crippen molar-refractivity contribution in [3.05, 3.63) is 56.5 Å². The van der Waals surface area contributed by atoms with Crippen LogP contribution < -0.4 is 9.47 Å². The lowest BCUT2D eigenvalue weighted by molar-refractivity contribution is -0.0531. The van der Waals surface area contributed by atoms with Crippen LogP contribution in [0.5, 0.6) is 11.5 Å². The van der Waals surface area contributed by atoms with Gasteiger partial charge in [-0.15, -0.1) is 0 Å². The Labute approximate surface area is 132 Å². The van der Waals surface area contributed by atoms with Gasteiger partial charge in [0.2, 0.25) is 0 Å². The summed E-state index contributed by atoms with van der Waals surface area (Å²) < 4.78 is 13.5. The van der Waals surface area contributed by atoms with Crippen molar-refractivity contribution >= 4 is 37.6 Å². The molecule has 100 valence electrons. The largest absolute Gasteiger partial charge is 0.445 e. The number of carbonyl (C=O) groups is 1. The predicted octanol–water partition coefficient (Wildman–Crippen LogP) is 4.12. The Bertz CT molecular complexity index is 753. The topological polar surface area (TPSA) is 35.5 Å². The number of hydrogen-bond acceptors (Lipinski definition) is 3. The lowest BCUT2D eigenvalue weighted by Gasteiger charge is -2.20. The minimum Gasteiger partial charge on any atom is -0.445 e. The maximum Gasteiger partial charge on any atom is 0.320 e. The standard InChI is InChI=1S/C15H8Br2O3/c16-9-1-3-12-8(5-9)7-15(19-12)14(18)11-6-10(17)2-4-13(11)20-15/h1-6H,7H2. The van der Waals surface area contributed by atoms with Gasteiger partial charge >= 0.3 is 5.79 Å². The van der Waals surface area contributed by atoms with Gasteiger partial charge in [-0.2, -0.15) is 0 Å². The highest BCUT2D eigenvalue weighted by Crippen LogP contribution is 2.45. The molecule has 0 N–H and O–H groups in total. The highest BCUT2D eigenvalue weighted by atomic mass is 79.9. The van der Waals surface area contributed by atoms with Crippen LogP contribution >= 0.6 is 31.9 Å². The van der Waals surface area contributed by atoms with Crippen LogP contribution in [-0.4, -0.2) is 11.6 Å². The van der Waals surface area contributed by atoms with Crippen molar-refractivity contribution < 1.29 is 14.3 Å². The van der Waals surface area contributed by atoms with Gasteiger partial charge in [0.25, 0.3) is 5.78 Å². The minimum absolute atomic E-state index is 0.124. The summed E-state index contributed by atoms with van der Waals surface area (Å²) in [7, 11) is 0. The molecule has 0 radical (unpaired) electrons. The Kier molecular flexibility index (Phi) is 2.54. The fourth-order valence-electron chi connectivity index (χ4n) is 2.63. The molecule has 4 rings (SSSR count). The Hall–Kier alpha value is -1.33. The third kappa shape index (κ3) is 1.66. The molecular weight excluding hydrogens is 388 g/mol. The molecule has 1 atom stereocenters. The number of Topliss-reactive ketones (excluding diaryl/α,β-unsaturated/α-hetero) is 1. The van der Waals surface area contributed by atoms with Crippen LogP contribution in [0.25, 0.3) is 0 Å². The van der Waals surface area contributed by atoms with E-state index in [1.54, 1.807) is 12.1 Å². The van der Waals surface area contributed by atoms with Gasteiger partial charge in [0.15, 0.2) is 0 Å². The summed E-state index contributed by atoms with van der Waals surface area (Å²) in [4.78, 5) is 12.6. The van der Waals surface area contributed by atoms with Crippen molar-refractivity contribution in [2.75, 3.05) is 0 Å². The van der Waals surface area contributed by atoms with Gasteiger partial charge in [-0.3, -0.25) is 4.79 Å². The normalized spacial score (nSPS) is 22.4. The molecule has 5 heteroatoms. The molecule has 0 saturated carbocycles. The number of carbonyl (C=O) groups excluding carboxylic acids is 1. The van der Waals surface area contributed by atoms with E-state index in [2.05, 4.69) is 31.9 Å². The van der Waals surface area contributed by atoms with Crippen LogP contribution in [0.2, 0.25) is 0 Å². The number of fused-ring (bicyclic) bond motifs is 2. The SMILES string of the molecule is O=C1c2cc(Br)ccc2OC12Cc1cc(Br)ccc1O2. The van der Waals surface area contributed by atoms with E-state index in [1.165, 1.54) is 0 Å². The van der Waals surface area contributed by atoms with Crippen molar-refractivity contribution in [1.29, 1.82) is 0 Å². The third-order valence-corrected chi connectivity index (χ3v) is 4.51. The van der Waals surface area contributed by atoms with Crippen LogP contribution in [0, 0.1) is 0 Å². The number of benzene rings is 2. The zero-order valence-electron chi connectivity index (χ0n) is 10.2. The molecule has 0 aliphatic carbocycles. The monoisotopic (exact) mass is 394 g/mol. The molecule has 0 fully saturated rings. The summed E-state index contributed by atoms with van der Waals surface area (Å²) in [5.74, 6) is -0.0775. The molecule has 0 bridgehead atoms. The predicted molar refractivity (Wildman–Crippen MR) is 80.3 cm³/mol. The summed E-state index contributed by atoms with van der Waals surface area (Å²) >= 11 is 6.80. The molecule has 2 aliphatic heterocycles. The molecule has 0 amide bonds. The fourth-order valence-corrected chi connectivity index (χ4v) is 3.40. The third-order valence-electron chi connectivity index (χ3n) is 3.53. The Balaban J connectivity index is 1.78. The zero-order chi connectivity index (χ0) is 13.9. The second-order valence-electron chi connectivity index (χ2n) is 4.86. The van der Waals surface area contributed by atoms with Crippen molar-refractivity contribution in [1.82, 2.24) is 0 Å². The minimum atomic E-state index is -1.23. The smallest absolute Gasteiger partial charge is 0.320 e. The first-order valence-corrected chi connectivity index (χ1v) is 7.67. The number of ether oxygens (including phenoxy) is 2. The second kappa shape index (κ2) is 4.09.